The first kappa shape index (κ1) is 12.7. The zero-order chi connectivity index (χ0) is 12.3. The first-order valence-corrected chi connectivity index (χ1v) is 6.40. The van der Waals surface area contributed by atoms with Crippen molar-refractivity contribution in [3.05, 3.63) is 28.8 Å². The average molecular weight is 255 g/mol. The molecule has 0 amide bonds. The molecule has 0 aromatic heterocycles. The van der Waals surface area contributed by atoms with Crippen LogP contribution in [-0.4, -0.2) is 20.2 Å². The van der Waals surface area contributed by atoms with Gasteiger partial charge in [0.05, 0.1) is 7.11 Å². The molecule has 1 atom stereocenters. The van der Waals surface area contributed by atoms with E-state index < -0.39 is 0 Å². The van der Waals surface area contributed by atoms with Gasteiger partial charge in [0.25, 0.3) is 0 Å². The maximum atomic E-state index is 6.24. The van der Waals surface area contributed by atoms with Crippen molar-refractivity contribution >= 4 is 11.6 Å². The molecule has 3 nitrogen and oxygen atoms in total. The molecule has 1 saturated carbocycles. The van der Waals surface area contributed by atoms with E-state index in [2.05, 4.69) is 5.32 Å². The van der Waals surface area contributed by atoms with Crippen LogP contribution in [0.15, 0.2) is 18.2 Å². The lowest BCUT2D eigenvalue weighted by Gasteiger charge is -2.21. The second kappa shape index (κ2) is 5.71. The summed E-state index contributed by atoms with van der Waals surface area (Å²) in [5, 5.41) is 4.18. The molecule has 3 N–H and O–H groups in total. The summed E-state index contributed by atoms with van der Waals surface area (Å²) in [5.74, 6) is 1.62. The Morgan fingerprint density at radius 1 is 1.53 bits per heavy atom. The molecular weight excluding hydrogens is 236 g/mol. The highest BCUT2D eigenvalue weighted by Gasteiger charge is 2.24. The molecule has 0 bridgehead atoms. The summed E-state index contributed by atoms with van der Waals surface area (Å²) in [7, 11) is 1.66. The van der Waals surface area contributed by atoms with Crippen molar-refractivity contribution < 1.29 is 4.74 Å². The number of methoxy groups -OCH3 is 1. The third kappa shape index (κ3) is 3.12. The van der Waals surface area contributed by atoms with Gasteiger partial charge in [-0.3, -0.25) is 0 Å². The SMILES string of the molecule is COc1cccc(Cl)c1C(CN)NCC1CC1. The number of ether oxygens (including phenoxy) is 1. The van der Waals surface area contributed by atoms with Gasteiger partial charge in [-0.1, -0.05) is 17.7 Å². The van der Waals surface area contributed by atoms with Crippen molar-refractivity contribution in [2.75, 3.05) is 20.2 Å². The van der Waals surface area contributed by atoms with Gasteiger partial charge in [0, 0.05) is 23.2 Å². The van der Waals surface area contributed by atoms with Gasteiger partial charge in [-0.25, -0.2) is 0 Å². The molecular formula is C13H19ClN2O. The molecule has 1 aliphatic carbocycles. The fourth-order valence-electron chi connectivity index (χ4n) is 1.97. The van der Waals surface area contributed by atoms with Crippen LogP contribution in [0.2, 0.25) is 5.02 Å². The Morgan fingerprint density at radius 2 is 2.29 bits per heavy atom. The Kier molecular flexibility index (Phi) is 4.26. The van der Waals surface area contributed by atoms with Gasteiger partial charge in [-0.15, -0.1) is 0 Å². The average Bonchev–Trinajstić information content (AvgIpc) is 3.15. The predicted octanol–water partition coefficient (Wildman–Crippen LogP) is 2.35. The predicted molar refractivity (Wildman–Crippen MR) is 70.5 cm³/mol. The molecule has 0 spiro atoms. The van der Waals surface area contributed by atoms with Crippen molar-refractivity contribution in [1.29, 1.82) is 0 Å². The molecule has 0 radical (unpaired) electrons. The molecule has 4 heteroatoms. The lowest BCUT2D eigenvalue weighted by molar-refractivity contribution is 0.398. The van der Waals surface area contributed by atoms with Gasteiger partial charge < -0.3 is 15.8 Å². The first-order chi connectivity index (χ1) is 8.26. The van der Waals surface area contributed by atoms with Crippen LogP contribution in [-0.2, 0) is 0 Å². The van der Waals surface area contributed by atoms with E-state index in [9.17, 15) is 0 Å². The molecule has 1 fully saturated rings. The minimum absolute atomic E-state index is 0.0687. The standard InChI is InChI=1S/C13H19ClN2O/c1-17-12-4-2-3-10(14)13(12)11(7-15)16-8-9-5-6-9/h2-4,9,11,16H,5-8,15H2,1H3. The van der Waals surface area contributed by atoms with Crippen molar-refractivity contribution in [1.82, 2.24) is 5.32 Å². The van der Waals surface area contributed by atoms with E-state index in [1.807, 2.05) is 18.2 Å². The van der Waals surface area contributed by atoms with Gasteiger partial charge in [-0.05, 0) is 37.4 Å². The maximum absolute atomic E-state index is 6.24. The number of hydrogen-bond donors (Lipinski definition) is 2. The van der Waals surface area contributed by atoms with Crippen LogP contribution in [0.5, 0.6) is 5.75 Å². The molecule has 94 valence electrons. The van der Waals surface area contributed by atoms with E-state index in [1.165, 1.54) is 12.8 Å². The largest absolute Gasteiger partial charge is 0.496 e. The van der Waals surface area contributed by atoms with E-state index in [-0.39, 0.29) is 6.04 Å². The highest BCUT2D eigenvalue weighted by atomic mass is 35.5. The smallest absolute Gasteiger partial charge is 0.125 e. The van der Waals surface area contributed by atoms with Crippen LogP contribution in [0.3, 0.4) is 0 Å². The molecule has 0 aliphatic heterocycles. The Morgan fingerprint density at radius 3 is 2.88 bits per heavy atom. The molecule has 0 saturated heterocycles. The fraction of sp³-hybridized carbons (Fsp3) is 0.538. The number of hydrogen-bond acceptors (Lipinski definition) is 3. The topological polar surface area (TPSA) is 47.3 Å². The van der Waals surface area contributed by atoms with Crippen LogP contribution < -0.4 is 15.8 Å². The lowest BCUT2D eigenvalue weighted by Crippen LogP contribution is -2.30. The summed E-state index contributed by atoms with van der Waals surface area (Å²) in [6.07, 6.45) is 2.65. The number of halogens is 1. The Labute approximate surface area is 107 Å². The number of benzene rings is 1. The van der Waals surface area contributed by atoms with Crippen molar-refractivity contribution in [2.45, 2.75) is 18.9 Å². The number of nitrogens with one attached hydrogen (secondary N) is 1. The lowest BCUT2D eigenvalue weighted by atomic mass is 10.1. The van der Waals surface area contributed by atoms with Crippen molar-refractivity contribution in [3.8, 4) is 5.75 Å². The van der Waals surface area contributed by atoms with Gasteiger partial charge in [0.15, 0.2) is 0 Å². The van der Waals surface area contributed by atoms with E-state index in [4.69, 9.17) is 22.1 Å². The van der Waals surface area contributed by atoms with Gasteiger partial charge >= 0.3 is 0 Å². The molecule has 2 rings (SSSR count). The fourth-order valence-corrected chi connectivity index (χ4v) is 2.27. The summed E-state index contributed by atoms with van der Waals surface area (Å²) < 4.78 is 5.35. The minimum Gasteiger partial charge on any atom is -0.496 e. The second-order valence-corrected chi connectivity index (χ2v) is 4.90. The van der Waals surface area contributed by atoms with Crippen LogP contribution in [0, 0.1) is 5.92 Å². The molecule has 1 aromatic carbocycles. The Balaban J connectivity index is 2.15. The van der Waals surface area contributed by atoms with E-state index >= 15 is 0 Å². The maximum Gasteiger partial charge on any atom is 0.125 e. The normalized spacial score (nSPS) is 16.9. The van der Waals surface area contributed by atoms with Crippen LogP contribution in [0.25, 0.3) is 0 Å². The number of nitrogens with two attached hydrogens (primary N) is 1. The molecule has 1 aromatic rings. The van der Waals surface area contributed by atoms with Crippen molar-refractivity contribution in [3.63, 3.8) is 0 Å². The van der Waals surface area contributed by atoms with Crippen molar-refractivity contribution in [2.24, 2.45) is 11.7 Å². The van der Waals surface area contributed by atoms with Crippen LogP contribution in [0.1, 0.15) is 24.4 Å². The van der Waals surface area contributed by atoms with E-state index in [0.29, 0.717) is 11.6 Å². The second-order valence-electron chi connectivity index (χ2n) is 4.50. The highest BCUT2D eigenvalue weighted by Crippen LogP contribution is 2.33. The summed E-state index contributed by atoms with van der Waals surface area (Å²) in [6, 6.07) is 5.75. The monoisotopic (exact) mass is 254 g/mol. The minimum atomic E-state index is 0.0687. The zero-order valence-corrected chi connectivity index (χ0v) is 10.8. The van der Waals surface area contributed by atoms with E-state index in [1.54, 1.807) is 7.11 Å². The van der Waals surface area contributed by atoms with E-state index in [0.717, 1.165) is 23.8 Å². The molecule has 0 heterocycles. The quantitative estimate of drug-likeness (QED) is 0.819. The summed E-state index contributed by atoms with van der Waals surface area (Å²) in [6.45, 7) is 1.53. The summed E-state index contributed by atoms with van der Waals surface area (Å²) in [4.78, 5) is 0. The Hall–Kier alpha value is -0.770. The third-order valence-corrected chi connectivity index (χ3v) is 3.50. The summed E-state index contributed by atoms with van der Waals surface area (Å²) in [5.41, 5.74) is 6.80. The van der Waals surface area contributed by atoms with Gasteiger partial charge in [0.2, 0.25) is 0 Å². The Bertz CT molecular complexity index is 380. The molecule has 17 heavy (non-hydrogen) atoms. The van der Waals surface area contributed by atoms with Gasteiger partial charge in [-0.2, -0.15) is 0 Å². The van der Waals surface area contributed by atoms with Crippen LogP contribution >= 0.6 is 11.6 Å². The van der Waals surface area contributed by atoms with Gasteiger partial charge in [0.1, 0.15) is 5.75 Å². The zero-order valence-electron chi connectivity index (χ0n) is 10.1. The number of rotatable bonds is 6. The summed E-state index contributed by atoms with van der Waals surface area (Å²) >= 11 is 6.24. The molecule has 1 unspecified atom stereocenters. The third-order valence-electron chi connectivity index (χ3n) is 3.17. The molecule has 1 aliphatic rings. The van der Waals surface area contributed by atoms with Crippen LogP contribution in [0.4, 0.5) is 0 Å². The first-order valence-electron chi connectivity index (χ1n) is 6.02. The highest BCUT2D eigenvalue weighted by molar-refractivity contribution is 6.31.